The van der Waals surface area contributed by atoms with Gasteiger partial charge in [-0.25, -0.2) is 0 Å². The number of aromatic nitrogens is 3. The number of carbonyl (C=O) groups excluding carboxylic acids is 1. The van der Waals surface area contributed by atoms with Gasteiger partial charge >= 0.3 is 0 Å². The van der Waals surface area contributed by atoms with Crippen molar-refractivity contribution in [2.45, 2.75) is 18.5 Å². The molecule has 0 spiro atoms. The highest BCUT2D eigenvalue weighted by atomic mass is 35.5. The van der Waals surface area contributed by atoms with Crippen LogP contribution in [-0.4, -0.2) is 44.4 Å². The van der Waals surface area contributed by atoms with E-state index in [1.807, 2.05) is 52.8 Å². The van der Waals surface area contributed by atoms with Crippen molar-refractivity contribution in [2.24, 2.45) is 0 Å². The van der Waals surface area contributed by atoms with Crippen LogP contribution in [0.5, 0.6) is 0 Å². The summed E-state index contributed by atoms with van der Waals surface area (Å²) in [4.78, 5) is 14.6. The van der Waals surface area contributed by atoms with Gasteiger partial charge in [0.15, 0.2) is 5.16 Å². The van der Waals surface area contributed by atoms with Gasteiger partial charge in [0.1, 0.15) is 6.33 Å². The van der Waals surface area contributed by atoms with Gasteiger partial charge in [0, 0.05) is 18.1 Å². The molecule has 0 aliphatic carbocycles. The third-order valence-corrected chi connectivity index (χ3v) is 5.83. The molecule has 1 heterocycles. The molecular weight excluding hydrogens is 404 g/mol. The molecule has 0 fully saturated rings. The van der Waals surface area contributed by atoms with Gasteiger partial charge < -0.3 is 4.90 Å². The van der Waals surface area contributed by atoms with Crippen LogP contribution in [0, 0.1) is 6.92 Å². The molecule has 2 aromatic carbocycles. The molecule has 0 unspecified atom stereocenters. The van der Waals surface area contributed by atoms with Crippen LogP contribution in [0.3, 0.4) is 0 Å². The first-order chi connectivity index (χ1) is 14.1. The van der Waals surface area contributed by atoms with Crippen LogP contribution < -0.4 is 0 Å². The van der Waals surface area contributed by atoms with Crippen LogP contribution in [0.4, 0.5) is 0 Å². The maximum absolute atomic E-state index is 12.8. The lowest BCUT2D eigenvalue weighted by Crippen LogP contribution is -2.34. The van der Waals surface area contributed by atoms with Crippen LogP contribution in [0.2, 0.25) is 5.02 Å². The second kappa shape index (κ2) is 10.3. The molecule has 0 aliphatic heterocycles. The van der Waals surface area contributed by atoms with Crippen molar-refractivity contribution in [3.8, 4) is 5.69 Å². The third kappa shape index (κ3) is 5.71. The Hall–Kier alpha value is -2.57. The summed E-state index contributed by atoms with van der Waals surface area (Å²) < 4.78 is 1.84. The van der Waals surface area contributed by atoms with E-state index < -0.39 is 0 Å². The summed E-state index contributed by atoms with van der Waals surface area (Å²) in [5.74, 6) is 0.323. The van der Waals surface area contributed by atoms with E-state index in [2.05, 4.69) is 28.9 Å². The molecule has 7 heteroatoms. The monoisotopic (exact) mass is 426 g/mol. The smallest absolute Gasteiger partial charge is 0.233 e. The first-order valence-corrected chi connectivity index (χ1v) is 10.7. The minimum Gasteiger partial charge on any atom is -0.338 e. The van der Waals surface area contributed by atoms with Crippen molar-refractivity contribution in [2.75, 3.05) is 18.8 Å². The van der Waals surface area contributed by atoms with Gasteiger partial charge in [-0.2, -0.15) is 0 Å². The van der Waals surface area contributed by atoms with Crippen molar-refractivity contribution in [3.05, 3.63) is 83.7 Å². The molecule has 3 aromatic rings. The van der Waals surface area contributed by atoms with Crippen LogP contribution in [0.15, 0.2) is 72.7 Å². The predicted molar refractivity (Wildman–Crippen MR) is 119 cm³/mol. The summed E-state index contributed by atoms with van der Waals surface area (Å²) in [7, 11) is 0. The maximum atomic E-state index is 12.8. The number of benzene rings is 2. The number of aryl methyl sites for hydroxylation is 1. The summed E-state index contributed by atoms with van der Waals surface area (Å²) in [6, 6.07) is 15.9. The Morgan fingerprint density at radius 2 is 2.07 bits per heavy atom. The Labute approximate surface area is 180 Å². The summed E-state index contributed by atoms with van der Waals surface area (Å²) in [5.41, 5.74) is 3.08. The minimum atomic E-state index is 0.0438. The van der Waals surface area contributed by atoms with Gasteiger partial charge in [-0.15, -0.1) is 16.8 Å². The van der Waals surface area contributed by atoms with Crippen molar-refractivity contribution in [3.63, 3.8) is 0 Å². The molecule has 29 heavy (non-hydrogen) atoms. The standard InChI is InChI=1S/C22H23ClN4OS/c1-3-12-26(13-11-18-7-5-4-6-8-18)21(28)15-29-22-25-24-16-27(22)19-10-9-17(2)20(23)14-19/h3-10,14,16H,1,11-13,15H2,2H3. The quantitative estimate of drug-likeness (QED) is 0.371. The lowest BCUT2D eigenvalue weighted by atomic mass is 10.1. The highest BCUT2D eigenvalue weighted by Gasteiger charge is 2.15. The predicted octanol–water partition coefficient (Wildman–Crippen LogP) is 4.58. The number of hydrogen-bond donors (Lipinski definition) is 0. The molecule has 5 nitrogen and oxygen atoms in total. The Bertz CT molecular complexity index is 974. The molecule has 0 atom stereocenters. The summed E-state index contributed by atoms with van der Waals surface area (Å²) in [6.45, 7) is 6.90. The normalized spacial score (nSPS) is 10.7. The number of carbonyl (C=O) groups is 1. The number of thioether (sulfide) groups is 1. The van der Waals surface area contributed by atoms with Crippen molar-refractivity contribution >= 4 is 29.3 Å². The molecule has 150 valence electrons. The fourth-order valence-electron chi connectivity index (χ4n) is 2.83. The number of nitrogens with zero attached hydrogens (tertiary/aromatic N) is 4. The van der Waals surface area contributed by atoms with E-state index in [9.17, 15) is 4.79 Å². The van der Waals surface area contributed by atoms with Gasteiger partial charge in [0.25, 0.3) is 0 Å². The van der Waals surface area contributed by atoms with E-state index in [1.165, 1.54) is 17.3 Å². The van der Waals surface area contributed by atoms with Crippen LogP contribution in [-0.2, 0) is 11.2 Å². The molecule has 1 aromatic heterocycles. The lowest BCUT2D eigenvalue weighted by Gasteiger charge is -2.21. The van der Waals surface area contributed by atoms with Gasteiger partial charge in [-0.1, -0.05) is 65.8 Å². The summed E-state index contributed by atoms with van der Waals surface area (Å²) >= 11 is 7.60. The number of amides is 1. The molecule has 0 N–H and O–H groups in total. The zero-order valence-electron chi connectivity index (χ0n) is 16.3. The Kier molecular flexibility index (Phi) is 7.49. The van der Waals surface area contributed by atoms with E-state index in [-0.39, 0.29) is 11.7 Å². The highest BCUT2D eigenvalue weighted by Crippen LogP contribution is 2.24. The first-order valence-electron chi connectivity index (χ1n) is 9.30. The summed E-state index contributed by atoms with van der Waals surface area (Å²) in [6.07, 6.45) is 4.19. The zero-order valence-corrected chi connectivity index (χ0v) is 17.9. The maximum Gasteiger partial charge on any atom is 0.233 e. The fourth-order valence-corrected chi connectivity index (χ4v) is 3.84. The molecule has 0 saturated heterocycles. The zero-order chi connectivity index (χ0) is 20.6. The third-order valence-electron chi connectivity index (χ3n) is 4.49. The molecule has 0 bridgehead atoms. The summed E-state index contributed by atoms with van der Waals surface area (Å²) in [5, 5.41) is 9.49. The molecular formula is C22H23ClN4OS. The van der Waals surface area contributed by atoms with Gasteiger partial charge in [0.2, 0.25) is 5.91 Å². The minimum absolute atomic E-state index is 0.0438. The average Bonchev–Trinajstić information content (AvgIpc) is 3.20. The van der Waals surface area contributed by atoms with Crippen LogP contribution in [0.25, 0.3) is 5.69 Å². The second-order valence-electron chi connectivity index (χ2n) is 6.57. The average molecular weight is 427 g/mol. The topological polar surface area (TPSA) is 51.0 Å². The highest BCUT2D eigenvalue weighted by molar-refractivity contribution is 7.99. The van der Waals surface area contributed by atoms with E-state index in [4.69, 9.17) is 11.6 Å². The largest absolute Gasteiger partial charge is 0.338 e. The van der Waals surface area contributed by atoms with Crippen molar-refractivity contribution < 1.29 is 4.79 Å². The van der Waals surface area contributed by atoms with Crippen LogP contribution >= 0.6 is 23.4 Å². The van der Waals surface area contributed by atoms with Gasteiger partial charge in [0.05, 0.1) is 11.4 Å². The Morgan fingerprint density at radius 3 is 2.79 bits per heavy atom. The van der Waals surface area contributed by atoms with Crippen molar-refractivity contribution in [1.82, 2.24) is 19.7 Å². The lowest BCUT2D eigenvalue weighted by molar-refractivity contribution is -0.127. The molecule has 0 aliphatic rings. The molecule has 0 saturated carbocycles. The van der Waals surface area contributed by atoms with E-state index >= 15 is 0 Å². The van der Waals surface area contributed by atoms with Crippen LogP contribution in [0.1, 0.15) is 11.1 Å². The SMILES string of the molecule is C=CCN(CCc1ccccc1)C(=O)CSc1nncn1-c1ccc(C)c(Cl)c1. The fraction of sp³-hybridized carbons (Fsp3) is 0.227. The van der Waals surface area contributed by atoms with Crippen molar-refractivity contribution in [1.29, 1.82) is 0 Å². The van der Waals surface area contributed by atoms with E-state index in [0.29, 0.717) is 23.3 Å². The Balaban J connectivity index is 1.63. The molecule has 3 rings (SSSR count). The number of rotatable bonds is 9. The first kappa shape index (κ1) is 21.1. The number of halogens is 1. The Morgan fingerprint density at radius 1 is 1.28 bits per heavy atom. The molecule has 1 amide bonds. The van der Waals surface area contributed by atoms with E-state index in [0.717, 1.165) is 17.7 Å². The van der Waals surface area contributed by atoms with E-state index in [1.54, 1.807) is 12.4 Å². The second-order valence-corrected chi connectivity index (χ2v) is 7.92. The van der Waals surface area contributed by atoms with Gasteiger partial charge in [-0.3, -0.25) is 9.36 Å². The van der Waals surface area contributed by atoms with Gasteiger partial charge in [-0.05, 0) is 36.6 Å². The number of hydrogen-bond acceptors (Lipinski definition) is 4. The molecule has 0 radical (unpaired) electrons.